The van der Waals surface area contributed by atoms with Crippen molar-refractivity contribution in [3.05, 3.63) is 52.6 Å². The smallest absolute Gasteiger partial charge is 0.161 e. The molecule has 0 amide bonds. The van der Waals surface area contributed by atoms with Crippen LogP contribution in [0.15, 0.2) is 30.3 Å². The molecule has 0 saturated heterocycles. The predicted molar refractivity (Wildman–Crippen MR) is 71.2 cm³/mol. The van der Waals surface area contributed by atoms with Crippen LogP contribution in [-0.4, -0.2) is 9.97 Å². The standard InChI is InChI=1S/C14H9ClF2N2/c1-7-4-8(2-3-9(7)15)14-18-12-5-10(16)11(17)6-13(12)19-14/h2-6H,1H3,(H,18,19). The lowest BCUT2D eigenvalue weighted by atomic mass is 10.1. The van der Waals surface area contributed by atoms with Crippen LogP contribution < -0.4 is 0 Å². The molecule has 0 spiro atoms. The number of halogens is 3. The molecule has 0 aliphatic heterocycles. The molecule has 0 bridgehead atoms. The van der Waals surface area contributed by atoms with Crippen molar-refractivity contribution in [1.29, 1.82) is 0 Å². The van der Waals surface area contributed by atoms with E-state index in [-0.39, 0.29) is 0 Å². The summed E-state index contributed by atoms with van der Waals surface area (Å²) in [5, 5.41) is 0.664. The van der Waals surface area contributed by atoms with Crippen LogP contribution in [0.4, 0.5) is 8.78 Å². The van der Waals surface area contributed by atoms with Crippen molar-refractivity contribution in [3.8, 4) is 11.4 Å². The van der Waals surface area contributed by atoms with Gasteiger partial charge in [-0.2, -0.15) is 0 Å². The number of aromatic amines is 1. The predicted octanol–water partition coefficient (Wildman–Crippen LogP) is 4.47. The van der Waals surface area contributed by atoms with Gasteiger partial charge in [0.25, 0.3) is 0 Å². The highest BCUT2D eigenvalue weighted by Gasteiger charge is 2.10. The van der Waals surface area contributed by atoms with E-state index in [9.17, 15) is 8.78 Å². The second kappa shape index (κ2) is 4.31. The Morgan fingerprint density at radius 1 is 1.11 bits per heavy atom. The maximum atomic E-state index is 13.1. The summed E-state index contributed by atoms with van der Waals surface area (Å²) < 4.78 is 26.3. The van der Waals surface area contributed by atoms with Crippen LogP contribution >= 0.6 is 11.6 Å². The summed E-state index contributed by atoms with van der Waals surface area (Å²) in [6.45, 7) is 1.88. The quantitative estimate of drug-likeness (QED) is 0.699. The number of nitrogens with zero attached hydrogens (tertiary/aromatic N) is 1. The Kier molecular flexibility index (Phi) is 2.75. The van der Waals surface area contributed by atoms with Crippen molar-refractivity contribution in [3.63, 3.8) is 0 Å². The molecule has 1 N–H and O–H groups in total. The molecule has 3 rings (SSSR count). The van der Waals surface area contributed by atoms with Crippen LogP contribution in [0, 0.1) is 18.6 Å². The van der Waals surface area contributed by atoms with Crippen molar-refractivity contribution in [2.24, 2.45) is 0 Å². The van der Waals surface area contributed by atoms with Crippen molar-refractivity contribution >= 4 is 22.6 Å². The van der Waals surface area contributed by atoms with E-state index >= 15 is 0 Å². The molecule has 5 heteroatoms. The third-order valence-electron chi connectivity index (χ3n) is 2.96. The van der Waals surface area contributed by atoms with Gasteiger partial charge in [0.1, 0.15) is 5.82 Å². The first-order chi connectivity index (χ1) is 9.04. The first-order valence-electron chi connectivity index (χ1n) is 5.66. The highest BCUT2D eigenvalue weighted by molar-refractivity contribution is 6.31. The number of hydrogen-bond donors (Lipinski definition) is 1. The number of imidazole rings is 1. The van der Waals surface area contributed by atoms with Crippen LogP contribution in [0.3, 0.4) is 0 Å². The minimum absolute atomic E-state index is 0.390. The Bertz CT molecular complexity index is 741. The molecule has 1 heterocycles. The molecule has 3 aromatic rings. The molecule has 2 aromatic carbocycles. The summed E-state index contributed by atoms with van der Waals surface area (Å²) in [7, 11) is 0. The maximum Gasteiger partial charge on any atom is 0.161 e. The van der Waals surface area contributed by atoms with E-state index < -0.39 is 11.6 Å². The molecule has 0 aliphatic carbocycles. The second-order valence-corrected chi connectivity index (χ2v) is 4.74. The number of nitrogens with one attached hydrogen (secondary N) is 1. The number of benzene rings is 2. The molecular weight excluding hydrogens is 270 g/mol. The number of rotatable bonds is 1. The van der Waals surface area contributed by atoms with Crippen LogP contribution in [0.1, 0.15) is 5.56 Å². The van der Waals surface area contributed by atoms with Crippen molar-refractivity contribution < 1.29 is 8.78 Å². The molecule has 0 atom stereocenters. The van der Waals surface area contributed by atoms with Crippen molar-refractivity contribution in [1.82, 2.24) is 9.97 Å². The Balaban J connectivity index is 2.17. The van der Waals surface area contributed by atoms with Crippen LogP contribution in [-0.2, 0) is 0 Å². The van der Waals surface area contributed by atoms with Crippen LogP contribution in [0.5, 0.6) is 0 Å². The number of aromatic nitrogens is 2. The lowest BCUT2D eigenvalue weighted by molar-refractivity contribution is 0.510. The first-order valence-corrected chi connectivity index (χ1v) is 6.03. The van der Waals surface area contributed by atoms with E-state index in [1.165, 1.54) is 0 Å². The molecule has 19 heavy (non-hydrogen) atoms. The fourth-order valence-corrected chi connectivity index (χ4v) is 2.05. The van der Waals surface area contributed by atoms with Gasteiger partial charge in [0.05, 0.1) is 11.0 Å². The normalized spacial score (nSPS) is 11.2. The Morgan fingerprint density at radius 3 is 2.58 bits per heavy atom. The van der Waals surface area contributed by atoms with E-state index in [0.717, 1.165) is 23.3 Å². The molecular formula is C14H9ClF2N2. The summed E-state index contributed by atoms with van der Waals surface area (Å²) in [5.41, 5.74) is 2.58. The molecule has 0 fully saturated rings. The summed E-state index contributed by atoms with van der Waals surface area (Å²) >= 11 is 5.96. The number of aryl methyl sites for hydroxylation is 1. The van der Waals surface area contributed by atoms with Crippen molar-refractivity contribution in [2.45, 2.75) is 6.92 Å². The molecule has 0 unspecified atom stereocenters. The van der Waals surface area contributed by atoms with Gasteiger partial charge >= 0.3 is 0 Å². The highest BCUT2D eigenvalue weighted by atomic mass is 35.5. The van der Waals surface area contributed by atoms with Gasteiger partial charge in [-0.1, -0.05) is 11.6 Å². The van der Waals surface area contributed by atoms with Gasteiger partial charge in [-0.15, -0.1) is 0 Å². The average molecular weight is 279 g/mol. The van der Waals surface area contributed by atoms with Gasteiger partial charge in [0.2, 0.25) is 0 Å². The number of fused-ring (bicyclic) bond motifs is 1. The SMILES string of the molecule is Cc1cc(-c2nc3cc(F)c(F)cc3[nH]2)ccc1Cl. The molecule has 1 aromatic heterocycles. The zero-order valence-corrected chi connectivity index (χ0v) is 10.7. The van der Waals surface area contributed by atoms with Gasteiger partial charge in [-0.25, -0.2) is 13.8 Å². The number of H-pyrrole nitrogens is 1. The first kappa shape index (κ1) is 12.1. The van der Waals surface area contributed by atoms with Gasteiger partial charge < -0.3 is 4.98 Å². The number of hydrogen-bond acceptors (Lipinski definition) is 1. The Morgan fingerprint density at radius 2 is 1.84 bits per heavy atom. The highest BCUT2D eigenvalue weighted by Crippen LogP contribution is 2.25. The minimum atomic E-state index is -0.905. The van der Waals surface area contributed by atoms with Gasteiger partial charge in [-0.05, 0) is 30.7 Å². The Hall–Kier alpha value is -1.94. The maximum absolute atomic E-state index is 13.1. The minimum Gasteiger partial charge on any atom is -0.338 e. The second-order valence-electron chi connectivity index (χ2n) is 4.33. The van der Waals surface area contributed by atoms with E-state index in [1.54, 1.807) is 12.1 Å². The summed E-state index contributed by atoms with van der Waals surface area (Å²) in [6, 6.07) is 7.62. The van der Waals surface area contributed by atoms with E-state index in [1.807, 2.05) is 13.0 Å². The molecule has 0 radical (unpaired) electrons. The largest absolute Gasteiger partial charge is 0.338 e. The third kappa shape index (κ3) is 2.08. The zero-order chi connectivity index (χ0) is 13.6. The summed E-state index contributed by atoms with van der Waals surface area (Å²) in [4.78, 5) is 7.22. The van der Waals surface area contributed by atoms with Gasteiger partial charge in [0, 0.05) is 22.7 Å². The lowest BCUT2D eigenvalue weighted by Gasteiger charge is -2.00. The fourth-order valence-electron chi connectivity index (χ4n) is 1.93. The van der Waals surface area contributed by atoms with Crippen molar-refractivity contribution in [2.75, 3.05) is 0 Å². The molecule has 2 nitrogen and oxygen atoms in total. The van der Waals surface area contributed by atoms with E-state index in [0.29, 0.717) is 21.9 Å². The molecule has 0 aliphatic rings. The van der Waals surface area contributed by atoms with E-state index in [4.69, 9.17) is 11.6 Å². The summed E-state index contributed by atoms with van der Waals surface area (Å²) in [6.07, 6.45) is 0. The Labute approximate surface area is 113 Å². The topological polar surface area (TPSA) is 28.7 Å². The molecule has 96 valence electrons. The van der Waals surface area contributed by atoms with Gasteiger partial charge in [-0.3, -0.25) is 0 Å². The van der Waals surface area contributed by atoms with E-state index in [2.05, 4.69) is 9.97 Å². The molecule has 0 saturated carbocycles. The van der Waals surface area contributed by atoms with Crippen LogP contribution in [0.25, 0.3) is 22.4 Å². The van der Waals surface area contributed by atoms with Gasteiger partial charge in [0.15, 0.2) is 11.6 Å². The lowest BCUT2D eigenvalue weighted by Crippen LogP contribution is -1.82. The third-order valence-corrected chi connectivity index (χ3v) is 3.38. The summed E-state index contributed by atoms with van der Waals surface area (Å²) in [5.74, 6) is -1.24. The average Bonchev–Trinajstić information content (AvgIpc) is 2.76. The van der Waals surface area contributed by atoms with Crippen LogP contribution in [0.2, 0.25) is 5.02 Å². The monoisotopic (exact) mass is 278 g/mol. The zero-order valence-electron chi connectivity index (χ0n) is 9.97. The fraction of sp³-hybridized carbons (Fsp3) is 0.0714.